The van der Waals surface area contributed by atoms with Crippen LogP contribution in [0.2, 0.25) is 0 Å². The molecule has 3 nitrogen and oxygen atoms in total. The van der Waals surface area contributed by atoms with Crippen LogP contribution in [-0.2, 0) is 21.7 Å². The molecule has 0 aliphatic heterocycles. The van der Waals surface area contributed by atoms with E-state index in [-0.39, 0.29) is 21.7 Å². The van der Waals surface area contributed by atoms with Crippen LogP contribution in [0, 0.1) is 6.42 Å². The van der Waals surface area contributed by atoms with Crippen molar-refractivity contribution in [1.82, 2.24) is 0 Å². The largest absolute Gasteiger partial charge is 4.00 e. The van der Waals surface area contributed by atoms with Gasteiger partial charge in [0, 0.05) is 0 Å². The molecule has 0 fully saturated rings. The molecule has 0 aromatic carbocycles. The van der Waals surface area contributed by atoms with Crippen LogP contribution in [0.1, 0.15) is 34.6 Å². The van der Waals surface area contributed by atoms with Crippen molar-refractivity contribution >= 4 is 0 Å². The van der Waals surface area contributed by atoms with E-state index in [2.05, 4.69) is 0 Å². The summed E-state index contributed by atoms with van der Waals surface area (Å²) in [6.45, 7) is 10.9. The van der Waals surface area contributed by atoms with Gasteiger partial charge in [-0.05, 0) is 0 Å². The fraction of sp³-hybridized carbons (Fsp3) is 0.889. The van der Waals surface area contributed by atoms with Crippen molar-refractivity contribution < 1.29 is 21.7 Å². The van der Waals surface area contributed by atoms with Crippen LogP contribution in [0.5, 0.6) is 0 Å². The minimum absolute atomic E-state index is 0. The normalized spacial score (nSPS) is 5.54. The van der Waals surface area contributed by atoms with Crippen LogP contribution in [0.3, 0.4) is 0 Å². The molecule has 0 bridgehead atoms. The fourth-order valence-electron chi connectivity index (χ4n) is 0. The molecule has 13 heavy (non-hydrogen) atoms. The molecule has 0 saturated carbocycles. The molecule has 80 valence electrons. The van der Waals surface area contributed by atoms with Crippen molar-refractivity contribution in [2.24, 2.45) is 0 Å². The number of nitrogens with one attached hydrogen (secondary N) is 3. The van der Waals surface area contributed by atoms with Gasteiger partial charge in [0.2, 0.25) is 0 Å². The molecule has 0 aromatic heterocycles. The Morgan fingerprint density at radius 3 is 0.769 bits per heavy atom. The summed E-state index contributed by atoms with van der Waals surface area (Å²) in [6.07, 6.45) is 2.00. The molecule has 0 atom stereocenters. The first kappa shape index (κ1) is 29.2. The van der Waals surface area contributed by atoms with Gasteiger partial charge in [-0.1, -0.05) is 20.8 Å². The van der Waals surface area contributed by atoms with Crippen LogP contribution in [0.25, 0.3) is 17.2 Å². The SMILES string of the molecule is CC[NH-].CC[NH-].CC[NH-].C[CH-]C.[Ti+4]. The van der Waals surface area contributed by atoms with Crippen molar-refractivity contribution in [2.75, 3.05) is 19.6 Å². The average molecular weight is 223 g/mol. The van der Waals surface area contributed by atoms with Crippen LogP contribution >= 0.6 is 0 Å². The first-order valence-corrected chi connectivity index (χ1v) is 4.34. The van der Waals surface area contributed by atoms with Gasteiger partial charge < -0.3 is 23.6 Å². The second-order valence-electron chi connectivity index (χ2n) is 1.64. The van der Waals surface area contributed by atoms with Crippen molar-refractivity contribution in [1.29, 1.82) is 0 Å². The van der Waals surface area contributed by atoms with E-state index in [1.165, 1.54) is 0 Å². The predicted molar refractivity (Wildman–Crippen MR) is 60.2 cm³/mol. The van der Waals surface area contributed by atoms with Gasteiger partial charge in [0.15, 0.2) is 0 Å². The second kappa shape index (κ2) is 80.2. The van der Waals surface area contributed by atoms with E-state index in [1.54, 1.807) is 20.8 Å². The molecule has 0 spiro atoms. The summed E-state index contributed by atoms with van der Waals surface area (Å²) in [7, 11) is 0. The first-order valence-electron chi connectivity index (χ1n) is 4.34. The maximum Gasteiger partial charge on any atom is 4.00 e. The molecule has 0 amide bonds. The van der Waals surface area contributed by atoms with Gasteiger partial charge in [0.25, 0.3) is 0 Å². The van der Waals surface area contributed by atoms with Gasteiger partial charge >= 0.3 is 21.7 Å². The van der Waals surface area contributed by atoms with E-state index in [9.17, 15) is 0 Å². The standard InChI is InChI=1S/C3H7.3C2H6N.Ti/c1-3-2;3*1-2-3;/h3H,1-2H3;3*3H,2H2,1H3;/q4*-1;+4. The van der Waals surface area contributed by atoms with Gasteiger partial charge in [-0.2, -0.15) is 33.5 Å². The second-order valence-corrected chi connectivity index (χ2v) is 1.64. The Bertz CT molecular complexity index is 22.8. The summed E-state index contributed by atoms with van der Waals surface area (Å²) in [5, 5.41) is 0. The molecule has 4 heteroatoms. The molecule has 0 radical (unpaired) electrons. The quantitative estimate of drug-likeness (QED) is 0.431. The average Bonchev–Trinajstić information content (AvgIpc) is 1.92. The van der Waals surface area contributed by atoms with E-state index in [0.29, 0.717) is 19.6 Å². The molecule has 3 N–H and O–H groups in total. The Labute approximate surface area is 99.7 Å². The smallest absolute Gasteiger partial charge is 0.678 e. The van der Waals surface area contributed by atoms with Crippen LogP contribution in [0.4, 0.5) is 0 Å². The third kappa shape index (κ3) is 4000. The van der Waals surface area contributed by atoms with E-state index in [0.717, 1.165) is 0 Å². The Hall–Kier alpha value is 0.594. The monoisotopic (exact) mass is 223 g/mol. The van der Waals surface area contributed by atoms with E-state index in [4.69, 9.17) is 17.2 Å². The van der Waals surface area contributed by atoms with Gasteiger partial charge in [-0.15, -0.1) is 0 Å². The minimum atomic E-state index is 0. The summed E-state index contributed by atoms with van der Waals surface area (Å²) < 4.78 is 0. The Morgan fingerprint density at radius 2 is 0.769 bits per heavy atom. The zero-order valence-electron chi connectivity index (χ0n) is 9.70. The summed E-state index contributed by atoms with van der Waals surface area (Å²) in [6, 6.07) is 0. The fourth-order valence-corrected chi connectivity index (χ4v) is 0. The van der Waals surface area contributed by atoms with Gasteiger partial charge in [-0.3, -0.25) is 0 Å². The van der Waals surface area contributed by atoms with Crippen LogP contribution < -0.4 is 0 Å². The van der Waals surface area contributed by atoms with Crippen molar-refractivity contribution in [2.45, 2.75) is 34.6 Å². The minimum Gasteiger partial charge on any atom is -0.678 e. The topological polar surface area (TPSA) is 71.4 Å². The third-order valence-corrected chi connectivity index (χ3v) is 0. The molecule has 0 aromatic rings. The number of rotatable bonds is 0. The van der Waals surface area contributed by atoms with Gasteiger partial charge in [0.1, 0.15) is 0 Å². The molecule has 0 aliphatic rings. The van der Waals surface area contributed by atoms with Crippen molar-refractivity contribution in [3.05, 3.63) is 23.6 Å². The maximum atomic E-state index is 6.21. The van der Waals surface area contributed by atoms with Crippen LogP contribution in [0.15, 0.2) is 0 Å². The first-order chi connectivity index (χ1) is 5.66. The van der Waals surface area contributed by atoms with Gasteiger partial charge in [-0.25, -0.2) is 0 Å². The maximum absolute atomic E-state index is 6.21. The van der Waals surface area contributed by atoms with E-state index >= 15 is 0 Å². The third-order valence-electron chi connectivity index (χ3n) is 0. The molecule has 0 rings (SSSR count). The van der Waals surface area contributed by atoms with Crippen molar-refractivity contribution in [3.63, 3.8) is 0 Å². The van der Waals surface area contributed by atoms with Crippen LogP contribution in [-0.4, -0.2) is 19.6 Å². The Balaban J connectivity index is -0.0000000213. The molecule has 0 heterocycles. The molecule has 0 unspecified atom stereocenters. The summed E-state index contributed by atoms with van der Waals surface area (Å²) >= 11 is 0. The van der Waals surface area contributed by atoms with E-state index < -0.39 is 0 Å². The van der Waals surface area contributed by atoms with Gasteiger partial charge in [0.05, 0.1) is 0 Å². The molecular weight excluding hydrogens is 198 g/mol. The summed E-state index contributed by atoms with van der Waals surface area (Å²) in [5.41, 5.74) is 18.6. The van der Waals surface area contributed by atoms with Crippen molar-refractivity contribution in [3.8, 4) is 0 Å². The Morgan fingerprint density at radius 1 is 0.769 bits per heavy atom. The van der Waals surface area contributed by atoms with E-state index in [1.807, 2.05) is 20.3 Å². The molecule has 0 saturated heterocycles. The summed E-state index contributed by atoms with van der Waals surface area (Å²) in [4.78, 5) is 0. The predicted octanol–water partition coefficient (Wildman–Crippen LogP) is 4.40. The summed E-state index contributed by atoms with van der Waals surface area (Å²) in [5.74, 6) is 0. The number of hydrogen-bond acceptors (Lipinski definition) is 0. The zero-order chi connectivity index (χ0) is 10.8. The number of hydrogen-bond donors (Lipinski definition) is 0. The Kier molecular flexibility index (Phi) is 180. The molecular formula is C9H25N3Ti. The zero-order valence-corrected chi connectivity index (χ0v) is 11.3. The molecule has 0 aliphatic carbocycles.